The number of rotatable bonds is 7. The van der Waals surface area contributed by atoms with Crippen molar-refractivity contribution in [1.82, 2.24) is 5.16 Å². The summed E-state index contributed by atoms with van der Waals surface area (Å²) in [7, 11) is 1.36. The number of carbonyl (C=O) groups excluding carboxylic acids is 2. The first-order valence-corrected chi connectivity index (χ1v) is 8.55. The summed E-state index contributed by atoms with van der Waals surface area (Å²) in [5.41, 5.74) is 0.818. The number of hydrogen-bond acceptors (Lipinski definition) is 8. The van der Waals surface area contributed by atoms with Gasteiger partial charge >= 0.3 is 5.97 Å². The van der Waals surface area contributed by atoms with E-state index in [4.69, 9.17) is 14.0 Å². The van der Waals surface area contributed by atoms with Gasteiger partial charge in [-0.3, -0.25) is 19.7 Å². The first-order chi connectivity index (χ1) is 13.9. The van der Waals surface area contributed by atoms with E-state index in [1.807, 2.05) is 0 Å². The molecule has 1 amide bonds. The van der Waals surface area contributed by atoms with Crippen LogP contribution in [0.5, 0.6) is 5.75 Å². The van der Waals surface area contributed by atoms with Gasteiger partial charge in [-0.05, 0) is 25.1 Å². The molecule has 3 aromatic rings. The van der Waals surface area contributed by atoms with Gasteiger partial charge < -0.3 is 19.3 Å². The van der Waals surface area contributed by atoms with Crippen molar-refractivity contribution in [2.75, 3.05) is 12.4 Å². The first kappa shape index (κ1) is 19.8. The minimum Gasteiger partial charge on any atom is -0.495 e. The third kappa shape index (κ3) is 4.49. The highest BCUT2D eigenvalue weighted by Crippen LogP contribution is 2.29. The molecule has 0 saturated carbocycles. The summed E-state index contributed by atoms with van der Waals surface area (Å²) in [5, 5.41) is 17.9. The Bertz CT molecular complexity index is 1080. The molecule has 0 radical (unpaired) electrons. The fraction of sp³-hybridized carbons (Fsp3) is 0.211. The number of amides is 1. The van der Waals surface area contributed by atoms with Crippen LogP contribution in [0.1, 0.15) is 12.6 Å². The van der Waals surface area contributed by atoms with Crippen LogP contribution in [0.3, 0.4) is 0 Å². The van der Waals surface area contributed by atoms with E-state index in [9.17, 15) is 19.7 Å². The Morgan fingerprint density at radius 3 is 2.76 bits per heavy atom. The number of esters is 1. The minimum atomic E-state index is -1.15. The van der Waals surface area contributed by atoms with Crippen molar-refractivity contribution in [2.45, 2.75) is 19.4 Å². The zero-order chi connectivity index (χ0) is 21.0. The van der Waals surface area contributed by atoms with Gasteiger partial charge in [-0.15, -0.1) is 0 Å². The standard InChI is InChI=1S/C19H17N3O7/c1-11(19(24)20-15-9-12(22(25)26)7-8-17(15)27-2)28-18(23)10-14-13-5-3-4-6-16(13)29-21-14/h3-9,11H,10H2,1-2H3,(H,20,24)/t11-/m0/s1. The molecular weight excluding hydrogens is 382 g/mol. The molecule has 10 heteroatoms. The van der Waals surface area contributed by atoms with Crippen LogP contribution in [0.15, 0.2) is 47.0 Å². The van der Waals surface area contributed by atoms with E-state index in [0.29, 0.717) is 16.7 Å². The second-order valence-electron chi connectivity index (χ2n) is 6.07. The lowest BCUT2D eigenvalue weighted by Gasteiger charge is -2.15. The van der Waals surface area contributed by atoms with Crippen LogP contribution >= 0.6 is 0 Å². The molecule has 0 unspecified atom stereocenters. The molecule has 2 aromatic carbocycles. The van der Waals surface area contributed by atoms with Gasteiger partial charge in [-0.2, -0.15) is 0 Å². The van der Waals surface area contributed by atoms with Crippen molar-refractivity contribution in [3.05, 3.63) is 58.3 Å². The monoisotopic (exact) mass is 399 g/mol. The number of nitro groups is 1. The van der Waals surface area contributed by atoms with Crippen LogP contribution in [0.25, 0.3) is 11.0 Å². The smallest absolute Gasteiger partial charge is 0.312 e. The number of nitro benzene ring substituents is 1. The molecule has 1 N–H and O–H groups in total. The maximum atomic E-state index is 12.4. The van der Waals surface area contributed by atoms with Crippen molar-refractivity contribution >= 4 is 34.2 Å². The van der Waals surface area contributed by atoms with Crippen molar-refractivity contribution < 1.29 is 28.5 Å². The largest absolute Gasteiger partial charge is 0.495 e. The summed E-state index contributed by atoms with van der Waals surface area (Å²) in [6.45, 7) is 1.39. The molecule has 0 fully saturated rings. The molecule has 0 bridgehead atoms. The number of benzene rings is 2. The number of ether oxygens (including phenoxy) is 2. The van der Waals surface area contributed by atoms with Gasteiger partial charge in [0.05, 0.1) is 24.1 Å². The number of carbonyl (C=O) groups is 2. The molecule has 0 aliphatic heterocycles. The summed E-state index contributed by atoms with van der Waals surface area (Å²) in [6, 6.07) is 10.8. The number of nitrogens with zero attached hydrogens (tertiary/aromatic N) is 2. The summed E-state index contributed by atoms with van der Waals surface area (Å²) in [6.07, 6.45) is -1.32. The minimum absolute atomic E-state index is 0.0945. The van der Waals surface area contributed by atoms with Crippen LogP contribution in [0.4, 0.5) is 11.4 Å². The Kier molecular flexibility index (Phi) is 5.72. The normalized spacial score (nSPS) is 11.7. The Morgan fingerprint density at radius 2 is 2.03 bits per heavy atom. The summed E-state index contributed by atoms with van der Waals surface area (Å²) < 4.78 is 15.4. The SMILES string of the molecule is COc1ccc([N+](=O)[O-])cc1NC(=O)[C@H](C)OC(=O)Cc1noc2ccccc12. The Labute approximate surface area is 164 Å². The number of non-ortho nitro benzene ring substituents is 1. The number of hydrogen-bond donors (Lipinski definition) is 1. The third-order valence-corrected chi connectivity index (χ3v) is 4.09. The molecule has 150 valence electrons. The summed E-state index contributed by atoms with van der Waals surface area (Å²) >= 11 is 0. The molecule has 3 rings (SSSR count). The van der Waals surface area contributed by atoms with Gasteiger partial charge in [-0.25, -0.2) is 0 Å². The van der Waals surface area contributed by atoms with Crippen molar-refractivity contribution in [3.63, 3.8) is 0 Å². The van der Waals surface area contributed by atoms with Gasteiger partial charge in [0.15, 0.2) is 11.7 Å². The van der Waals surface area contributed by atoms with E-state index in [-0.39, 0.29) is 23.5 Å². The average Bonchev–Trinajstić information content (AvgIpc) is 3.10. The van der Waals surface area contributed by atoms with E-state index >= 15 is 0 Å². The van der Waals surface area contributed by atoms with Crippen molar-refractivity contribution in [1.29, 1.82) is 0 Å². The molecule has 0 aliphatic carbocycles. The molecule has 0 spiro atoms. The average molecular weight is 399 g/mol. The van der Waals surface area contributed by atoms with E-state index < -0.39 is 22.9 Å². The van der Waals surface area contributed by atoms with Crippen molar-refractivity contribution in [2.24, 2.45) is 0 Å². The Morgan fingerprint density at radius 1 is 1.28 bits per heavy atom. The maximum Gasteiger partial charge on any atom is 0.312 e. The highest BCUT2D eigenvalue weighted by Gasteiger charge is 2.22. The lowest BCUT2D eigenvalue weighted by Crippen LogP contribution is -2.30. The van der Waals surface area contributed by atoms with Gasteiger partial charge in [0.1, 0.15) is 11.4 Å². The van der Waals surface area contributed by atoms with Crippen LogP contribution in [0.2, 0.25) is 0 Å². The Balaban J connectivity index is 1.65. The van der Waals surface area contributed by atoms with Crippen LogP contribution in [0, 0.1) is 10.1 Å². The molecule has 29 heavy (non-hydrogen) atoms. The zero-order valence-corrected chi connectivity index (χ0v) is 15.6. The number of para-hydroxylation sites is 1. The molecule has 1 heterocycles. The van der Waals surface area contributed by atoms with Crippen LogP contribution < -0.4 is 10.1 Å². The molecule has 1 aromatic heterocycles. The Hall–Kier alpha value is -3.95. The van der Waals surface area contributed by atoms with Crippen LogP contribution in [-0.4, -0.2) is 35.2 Å². The lowest BCUT2D eigenvalue weighted by atomic mass is 10.2. The number of anilines is 1. The quantitative estimate of drug-likeness (QED) is 0.364. The number of methoxy groups -OCH3 is 1. The maximum absolute atomic E-state index is 12.4. The highest BCUT2D eigenvalue weighted by molar-refractivity contribution is 5.97. The fourth-order valence-electron chi connectivity index (χ4n) is 2.64. The fourth-order valence-corrected chi connectivity index (χ4v) is 2.64. The highest BCUT2D eigenvalue weighted by atomic mass is 16.6. The van der Waals surface area contributed by atoms with E-state index in [1.165, 1.54) is 26.2 Å². The third-order valence-electron chi connectivity index (χ3n) is 4.09. The number of aromatic nitrogens is 1. The van der Waals surface area contributed by atoms with E-state index in [0.717, 1.165) is 6.07 Å². The van der Waals surface area contributed by atoms with Gasteiger partial charge in [0, 0.05) is 17.5 Å². The second-order valence-corrected chi connectivity index (χ2v) is 6.07. The van der Waals surface area contributed by atoms with Gasteiger partial charge in [0.2, 0.25) is 0 Å². The topological polar surface area (TPSA) is 134 Å². The van der Waals surface area contributed by atoms with Crippen LogP contribution in [-0.2, 0) is 20.7 Å². The lowest BCUT2D eigenvalue weighted by molar-refractivity contribution is -0.384. The predicted molar refractivity (Wildman–Crippen MR) is 102 cm³/mol. The molecule has 1 atom stereocenters. The van der Waals surface area contributed by atoms with E-state index in [2.05, 4.69) is 10.5 Å². The van der Waals surface area contributed by atoms with Gasteiger partial charge in [-0.1, -0.05) is 17.3 Å². The van der Waals surface area contributed by atoms with Gasteiger partial charge in [0.25, 0.3) is 11.6 Å². The summed E-state index contributed by atoms with van der Waals surface area (Å²) in [5.74, 6) is -1.10. The van der Waals surface area contributed by atoms with Crippen molar-refractivity contribution in [3.8, 4) is 5.75 Å². The van der Waals surface area contributed by atoms with E-state index in [1.54, 1.807) is 24.3 Å². The predicted octanol–water partition coefficient (Wildman–Crippen LogP) is 2.86. The summed E-state index contributed by atoms with van der Waals surface area (Å²) in [4.78, 5) is 34.9. The number of fused-ring (bicyclic) bond motifs is 1. The molecule has 0 aliphatic rings. The molecular formula is C19H17N3O7. The molecule has 10 nitrogen and oxygen atoms in total. The number of nitrogens with one attached hydrogen (secondary N) is 1. The first-order valence-electron chi connectivity index (χ1n) is 8.55. The molecule has 0 saturated heterocycles. The second kappa shape index (κ2) is 8.38. The zero-order valence-electron chi connectivity index (χ0n) is 15.6.